The Morgan fingerprint density at radius 2 is 2.07 bits per heavy atom. The summed E-state index contributed by atoms with van der Waals surface area (Å²) in [5, 5.41) is 5.79. The Morgan fingerprint density at radius 3 is 2.78 bits per heavy atom. The highest BCUT2D eigenvalue weighted by Gasteiger charge is 2.22. The first-order valence-corrected chi connectivity index (χ1v) is 9.01. The predicted octanol–water partition coefficient (Wildman–Crippen LogP) is 2.44. The number of nitrogens with zero attached hydrogens (tertiary/aromatic N) is 3. The lowest BCUT2D eigenvalue weighted by Crippen LogP contribution is -2.49. The number of nitrogens with one attached hydrogen (secondary N) is 2. The summed E-state index contributed by atoms with van der Waals surface area (Å²) in [6.45, 7) is 3.67. The maximum atomic E-state index is 12.3. The zero-order valence-corrected chi connectivity index (χ0v) is 15.2. The van der Waals surface area contributed by atoms with Gasteiger partial charge in [-0.25, -0.2) is 14.6 Å². The molecule has 1 fully saturated rings. The molecule has 1 aliphatic heterocycles. The molecule has 2 aromatic rings. The molecule has 0 bridgehead atoms. The first-order chi connectivity index (χ1) is 13.2. The normalized spacial score (nSPS) is 16.5. The van der Waals surface area contributed by atoms with Crippen LogP contribution in [0.25, 0.3) is 0 Å². The van der Waals surface area contributed by atoms with Crippen molar-refractivity contribution < 1.29 is 14.3 Å². The molecule has 3 rings (SSSR count). The molecule has 0 spiro atoms. The topological polar surface area (TPSA) is 96.4 Å². The van der Waals surface area contributed by atoms with Gasteiger partial charge >= 0.3 is 12.0 Å². The van der Waals surface area contributed by atoms with Crippen LogP contribution >= 0.6 is 0 Å². The van der Waals surface area contributed by atoms with Gasteiger partial charge in [0, 0.05) is 37.2 Å². The maximum Gasteiger partial charge on any atom is 0.338 e. The van der Waals surface area contributed by atoms with Crippen molar-refractivity contribution in [1.82, 2.24) is 15.3 Å². The van der Waals surface area contributed by atoms with Crippen LogP contribution < -0.4 is 15.5 Å². The molecule has 27 heavy (non-hydrogen) atoms. The van der Waals surface area contributed by atoms with Crippen LogP contribution in [0.5, 0.6) is 0 Å². The van der Waals surface area contributed by atoms with Crippen LogP contribution in [0.3, 0.4) is 0 Å². The summed E-state index contributed by atoms with van der Waals surface area (Å²) >= 11 is 0. The molecule has 2 amide bonds. The predicted molar refractivity (Wildman–Crippen MR) is 102 cm³/mol. The van der Waals surface area contributed by atoms with E-state index in [9.17, 15) is 9.59 Å². The maximum absolute atomic E-state index is 12.3. The number of piperidine rings is 1. The van der Waals surface area contributed by atoms with Gasteiger partial charge in [0.1, 0.15) is 5.82 Å². The molecular weight excluding hydrogens is 346 g/mol. The highest BCUT2D eigenvalue weighted by molar-refractivity contribution is 5.92. The van der Waals surface area contributed by atoms with E-state index >= 15 is 0 Å². The van der Waals surface area contributed by atoms with Crippen molar-refractivity contribution in [2.24, 2.45) is 0 Å². The van der Waals surface area contributed by atoms with Crippen molar-refractivity contribution in [1.29, 1.82) is 0 Å². The monoisotopic (exact) mass is 369 g/mol. The van der Waals surface area contributed by atoms with Crippen molar-refractivity contribution in [2.45, 2.75) is 25.8 Å². The van der Waals surface area contributed by atoms with Crippen LogP contribution in [0, 0.1) is 0 Å². The SMILES string of the molecule is CCOC(=O)c1ccc(NC(=O)N[C@@H]2CCCN(c3cnccn3)C2)cc1. The number of aromatic nitrogens is 2. The number of amides is 2. The summed E-state index contributed by atoms with van der Waals surface area (Å²) in [5.74, 6) is 0.443. The summed E-state index contributed by atoms with van der Waals surface area (Å²) in [7, 11) is 0. The second-order valence-electron chi connectivity index (χ2n) is 6.25. The molecule has 0 unspecified atom stereocenters. The molecule has 0 aliphatic carbocycles. The van der Waals surface area contributed by atoms with Gasteiger partial charge in [0.05, 0.1) is 18.4 Å². The van der Waals surface area contributed by atoms with Crippen molar-refractivity contribution in [3.05, 3.63) is 48.4 Å². The van der Waals surface area contributed by atoms with Crippen LogP contribution in [-0.4, -0.2) is 47.7 Å². The number of ether oxygens (including phenoxy) is 1. The number of carbonyl (C=O) groups excluding carboxylic acids is 2. The Balaban J connectivity index is 1.52. The second kappa shape index (κ2) is 8.98. The van der Waals surface area contributed by atoms with Crippen molar-refractivity contribution in [2.75, 3.05) is 29.9 Å². The third-order valence-corrected chi connectivity index (χ3v) is 4.28. The molecule has 142 valence electrons. The average molecular weight is 369 g/mol. The fraction of sp³-hybridized carbons (Fsp3) is 0.368. The first-order valence-electron chi connectivity index (χ1n) is 9.01. The molecule has 1 atom stereocenters. The number of anilines is 2. The van der Waals surface area contributed by atoms with E-state index in [4.69, 9.17) is 4.74 Å². The lowest BCUT2D eigenvalue weighted by Gasteiger charge is -2.33. The van der Waals surface area contributed by atoms with Crippen LogP contribution in [-0.2, 0) is 4.74 Å². The molecule has 8 nitrogen and oxygen atoms in total. The van der Waals surface area contributed by atoms with Gasteiger partial charge in [0.15, 0.2) is 0 Å². The summed E-state index contributed by atoms with van der Waals surface area (Å²) in [5.41, 5.74) is 1.07. The summed E-state index contributed by atoms with van der Waals surface area (Å²) in [6.07, 6.45) is 6.91. The Kier molecular flexibility index (Phi) is 6.19. The van der Waals surface area contributed by atoms with E-state index in [2.05, 4.69) is 25.5 Å². The Labute approximate surface area is 158 Å². The van der Waals surface area contributed by atoms with E-state index in [0.29, 0.717) is 24.4 Å². The Hall–Kier alpha value is -3.16. The molecule has 1 aromatic heterocycles. The van der Waals surface area contributed by atoms with Crippen molar-refractivity contribution >= 4 is 23.5 Å². The van der Waals surface area contributed by atoms with Gasteiger partial charge < -0.3 is 20.3 Å². The molecule has 1 aliphatic rings. The van der Waals surface area contributed by atoms with E-state index in [1.165, 1.54) is 0 Å². The van der Waals surface area contributed by atoms with Crippen LogP contribution in [0.2, 0.25) is 0 Å². The minimum absolute atomic E-state index is 0.0274. The smallest absolute Gasteiger partial charge is 0.338 e. The van der Waals surface area contributed by atoms with Gasteiger partial charge in [-0.05, 0) is 44.0 Å². The highest BCUT2D eigenvalue weighted by Crippen LogP contribution is 2.17. The second-order valence-corrected chi connectivity index (χ2v) is 6.25. The molecule has 1 aromatic carbocycles. The van der Waals surface area contributed by atoms with E-state index in [0.717, 1.165) is 25.2 Å². The van der Waals surface area contributed by atoms with Gasteiger partial charge in [-0.3, -0.25) is 4.98 Å². The summed E-state index contributed by atoms with van der Waals surface area (Å²) in [6, 6.07) is 6.37. The molecule has 1 saturated heterocycles. The average Bonchev–Trinajstić information content (AvgIpc) is 2.69. The highest BCUT2D eigenvalue weighted by atomic mass is 16.5. The lowest BCUT2D eigenvalue weighted by molar-refractivity contribution is 0.0526. The molecule has 2 heterocycles. The van der Waals surface area contributed by atoms with E-state index in [-0.39, 0.29) is 18.0 Å². The summed E-state index contributed by atoms with van der Waals surface area (Å²) < 4.78 is 4.94. The Morgan fingerprint density at radius 1 is 1.26 bits per heavy atom. The first kappa shape index (κ1) is 18.6. The number of rotatable bonds is 5. The lowest BCUT2D eigenvalue weighted by atomic mass is 10.1. The number of carbonyl (C=O) groups is 2. The van der Waals surface area contributed by atoms with E-state index in [1.807, 2.05) is 0 Å². The number of benzene rings is 1. The van der Waals surface area contributed by atoms with Crippen LogP contribution in [0.4, 0.5) is 16.3 Å². The van der Waals surface area contributed by atoms with Crippen LogP contribution in [0.15, 0.2) is 42.9 Å². The molecule has 0 radical (unpaired) electrons. The van der Waals surface area contributed by atoms with Crippen molar-refractivity contribution in [3.8, 4) is 0 Å². The Bertz CT molecular complexity index is 767. The van der Waals surface area contributed by atoms with Gasteiger partial charge in [-0.15, -0.1) is 0 Å². The zero-order chi connectivity index (χ0) is 19.1. The fourth-order valence-electron chi connectivity index (χ4n) is 3.01. The van der Waals surface area contributed by atoms with Gasteiger partial charge in [0.2, 0.25) is 0 Å². The van der Waals surface area contributed by atoms with Crippen molar-refractivity contribution in [3.63, 3.8) is 0 Å². The molecule has 2 N–H and O–H groups in total. The minimum Gasteiger partial charge on any atom is -0.462 e. The summed E-state index contributed by atoms with van der Waals surface area (Å²) in [4.78, 5) is 34.5. The molecule has 8 heteroatoms. The molecular formula is C19H23N5O3. The number of urea groups is 1. The standard InChI is InChI=1S/C19H23N5O3/c1-2-27-18(25)14-5-7-15(8-6-14)22-19(26)23-16-4-3-11-24(13-16)17-12-20-9-10-21-17/h5-10,12,16H,2-4,11,13H2,1H3,(H2,22,23,26)/t16-/m1/s1. The largest absolute Gasteiger partial charge is 0.462 e. The number of hydrogen-bond acceptors (Lipinski definition) is 6. The molecule has 0 saturated carbocycles. The minimum atomic E-state index is -0.375. The van der Waals surface area contributed by atoms with Gasteiger partial charge in [-0.1, -0.05) is 0 Å². The number of hydrogen-bond donors (Lipinski definition) is 2. The third kappa shape index (κ3) is 5.16. The van der Waals surface area contributed by atoms with Gasteiger partial charge in [-0.2, -0.15) is 0 Å². The fourth-order valence-corrected chi connectivity index (χ4v) is 3.01. The third-order valence-electron chi connectivity index (χ3n) is 4.28. The number of esters is 1. The van der Waals surface area contributed by atoms with E-state index < -0.39 is 0 Å². The zero-order valence-electron chi connectivity index (χ0n) is 15.2. The van der Waals surface area contributed by atoms with Crippen LogP contribution in [0.1, 0.15) is 30.1 Å². The van der Waals surface area contributed by atoms with E-state index in [1.54, 1.807) is 49.8 Å². The van der Waals surface area contributed by atoms with Gasteiger partial charge in [0.25, 0.3) is 0 Å². The quantitative estimate of drug-likeness (QED) is 0.786.